The van der Waals surface area contributed by atoms with Crippen molar-refractivity contribution in [2.45, 2.75) is 74.3 Å². The monoisotopic (exact) mass is 1020 g/mol. The fraction of sp³-hybridized carbons (Fsp3) is 0.269. The third-order valence-electron chi connectivity index (χ3n) is 13.3. The standard InChI is InChI=1S/C23H20F3N3O3.C18H14F3N3O.C7H6N4O.C4H8O/c1-28-13-18(17-7-2-3-8-20(17)28)22(31,23(24,25)26)15-9-10-19-14(11-15)12-27-29(19)21(30)32-16-5-4-6-16;1-24-10-14(13-4-2-3-5-16(13)24)17(25,18(19,20)21)12-6-7-15-11(8-12)9-22-23-15;12-7(10-3-1-8-5-10)11-4-2-9-6-11;5-4-2-1-3-4/h2-3,7-13,16,31H,4-6H2,1H3;2-10,25H,1H3,(H,22,23);1-6H;4-5H,1-3H2. The normalized spacial score (nSPS) is 15.7. The number of halogens is 6. The molecule has 0 bridgehead atoms. The fourth-order valence-corrected chi connectivity index (χ4v) is 8.72. The predicted octanol–water partition coefficient (Wildman–Crippen LogP) is 9.84. The Morgan fingerprint density at radius 3 is 1.62 bits per heavy atom. The highest BCUT2D eigenvalue weighted by Crippen LogP contribution is 2.49. The van der Waals surface area contributed by atoms with Gasteiger partial charge in [-0.3, -0.25) is 14.2 Å². The minimum absolute atomic E-state index is 0.0648. The molecule has 0 amide bonds. The van der Waals surface area contributed by atoms with Crippen LogP contribution >= 0.6 is 0 Å². The first-order valence-electron chi connectivity index (χ1n) is 23.3. The molecule has 384 valence electrons. The molecule has 2 aliphatic rings. The number of para-hydroxylation sites is 2. The minimum Gasteiger partial charge on any atom is -0.445 e. The molecule has 6 aromatic heterocycles. The summed E-state index contributed by atoms with van der Waals surface area (Å²) in [5.74, 6) is 0. The van der Waals surface area contributed by atoms with Gasteiger partial charge in [-0.15, -0.1) is 0 Å². The minimum atomic E-state index is -5.00. The largest absolute Gasteiger partial charge is 0.445 e. The second kappa shape index (κ2) is 20.1. The number of rotatable bonds is 5. The van der Waals surface area contributed by atoms with Crippen molar-refractivity contribution in [1.82, 2.24) is 48.2 Å². The zero-order valence-corrected chi connectivity index (χ0v) is 39.6. The third kappa shape index (κ3) is 9.53. The molecule has 10 aromatic rings. The van der Waals surface area contributed by atoms with E-state index in [-0.39, 0.29) is 45.9 Å². The second-order valence-electron chi connectivity index (χ2n) is 18.0. The van der Waals surface area contributed by atoms with Gasteiger partial charge in [0.2, 0.25) is 11.2 Å². The van der Waals surface area contributed by atoms with Crippen LogP contribution in [0.15, 0.2) is 147 Å². The molecule has 2 fully saturated rings. The number of nitrogens with zero attached hydrogens (tertiary/aromatic N) is 9. The maximum atomic E-state index is 14.4. The molecule has 2 saturated carbocycles. The molecule has 6 heterocycles. The van der Waals surface area contributed by atoms with Gasteiger partial charge in [-0.05, 0) is 86.1 Å². The zero-order valence-electron chi connectivity index (χ0n) is 39.6. The van der Waals surface area contributed by atoms with Gasteiger partial charge in [0.05, 0.1) is 29.5 Å². The molecular weight excluding hydrogens is 975 g/mol. The molecular formula is C52H48F6N10O6. The molecule has 0 aliphatic heterocycles. The summed E-state index contributed by atoms with van der Waals surface area (Å²) in [7, 11) is 3.28. The van der Waals surface area contributed by atoms with Gasteiger partial charge in [0.15, 0.2) is 0 Å². The molecule has 22 heteroatoms. The van der Waals surface area contributed by atoms with Gasteiger partial charge in [0.1, 0.15) is 18.8 Å². The Hall–Kier alpha value is -8.08. The van der Waals surface area contributed by atoms with E-state index >= 15 is 0 Å². The lowest BCUT2D eigenvalue weighted by Gasteiger charge is -2.31. The summed E-state index contributed by atoms with van der Waals surface area (Å²) < 4.78 is 97.6. The predicted molar refractivity (Wildman–Crippen MR) is 260 cm³/mol. The number of ether oxygens (including phenoxy) is 1. The van der Waals surface area contributed by atoms with Crippen molar-refractivity contribution < 1.29 is 56.0 Å². The van der Waals surface area contributed by atoms with E-state index < -0.39 is 29.6 Å². The highest BCUT2D eigenvalue weighted by molar-refractivity contribution is 5.90. The second-order valence-corrected chi connectivity index (χ2v) is 18.0. The van der Waals surface area contributed by atoms with Crippen LogP contribution in [-0.4, -0.2) is 100 Å². The number of fused-ring (bicyclic) bond motifs is 4. The number of hydrogen-bond donors (Lipinski definition) is 4. The Kier molecular flexibility index (Phi) is 13.8. The smallest absolute Gasteiger partial charge is 0.435 e. The van der Waals surface area contributed by atoms with Crippen molar-refractivity contribution >= 4 is 55.7 Å². The first kappa shape index (κ1) is 50.8. The topological polar surface area (TPSA) is 196 Å². The van der Waals surface area contributed by atoms with Gasteiger partial charge in [-0.1, -0.05) is 48.5 Å². The lowest BCUT2D eigenvalue weighted by molar-refractivity contribution is -0.248. The van der Waals surface area contributed by atoms with Crippen LogP contribution in [0.25, 0.3) is 43.6 Å². The summed E-state index contributed by atoms with van der Waals surface area (Å²) in [6.45, 7) is 0. The molecule has 2 unspecified atom stereocenters. The Morgan fingerprint density at radius 1 is 0.662 bits per heavy atom. The van der Waals surface area contributed by atoms with E-state index in [1.807, 2.05) is 0 Å². The van der Waals surface area contributed by atoms with Crippen LogP contribution in [0, 0.1) is 0 Å². The van der Waals surface area contributed by atoms with Crippen LogP contribution in [0.5, 0.6) is 0 Å². The first-order chi connectivity index (χ1) is 35.3. The van der Waals surface area contributed by atoms with E-state index in [0.29, 0.717) is 38.2 Å². The molecule has 2 aliphatic carbocycles. The summed E-state index contributed by atoms with van der Waals surface area (Å²) in [5.41, 5.74) is -5.35. The molecule has 2 atom stereocenters. The molecule has 12 rings (SSSR count). The number of aromatic nitrogens is 10. The first-order valence-corrected chi connectivity index (χ1v) is 23.3. The highest BCUT2D eigenvalue weighted by Gasteiger charge is 2.58. The van der Waals surface area contributed by atoms with Crippen molar-refractivity contribution in [3.63, 3.8) is 0 Å². The molecule has 4 N–H and O–H groups in total. The lowest BCUT2D eigenvalue weighted by atomic mass is 9.85. The van der Waals surface area contributed by atoms with E-state index in [1.54, 1.807) is 96.5 Å². The van der Waals surface area contributed by atoms with Gasteiger partial charge in [0, 0.05) is 95.0 Å². The van der Waals surface area contributed by atoms with Gasteiger partial charge < -0.3 is 29.2 Å². The summed E-state index contributed by atoms with van der Waals surface area (Å²) in [6.07, 6.45) is 9.76. The van der Waals surface area contributed by atoms with Crippen LogP contribution in [0.1, 0.15) is 60.8 Å². The number of aliphatic hydroxyl groups excluding tert-OH is 1. The summed E-state index contributed by atoms with van der Waals surface area (Å²) in [5, 5.41) is 42.5. The number of hydrogen-bond acceptors (Lipinski definition) is 10. The summed E-state index contributed by atoms with van der Waals surface area (Å²) in [6, 6.07) is 20.9. The number of imidazole rings is 2. The van der Waals surface area contributed by atoms with Gasteiger partial charge in [-0.25, -0.2) is 19.6 Å². The number of aromatic amines is 1. The number of H-pyrrole nitrogens is 1. The van der Waals surface area contributed by atoms with Crippen LogP contribution in [0.4, 0.5) is 35.9 Å². The maximum Gasteiger partial charge on any atom is 0.435 e. The molecule has 4 aromatic carbocycles. The Morgan fingerprint density at radius 2 is 1.16 bits per heavy atom. The number of carbonyl (C=O) groups is 2. The van der Waals surface area contributed by atoms with Crippen LogP contribution in [0.3, 0.4) is 0 Å². The molecule has 74 heavy (non-hydrogen) atoms. The van der Waals surface area contributed by atoms with Crippen LogP contribution in [0.2, 0.25) is 0 Å². The van der Waals surface area contributed by atoms with E-state index in [0.717, 1.165) is 36.8 Å². The number of carbonyl (C=O) groups excluding carboxylic acids is 2. The van der Waals surface area contributed by atoms with E-state index in [2.05, 4.69) is 25.3 Å². The van der Waals surface area contributed by atoms with Crippen molar-refractivity contribution in [2.24, 2.45) is 14.1 Å². The van der Waals surface area contributed by atoms with Crippen molar-refractivity contribution in [3.05, 3.63) is 169 Å². The molecule has 0 spiro atoms. The van der Waals surface area contributed by atoms with Gasteiger partial charge >= 0.3 is 24.5 Å². The Balaban J connectivity index is 0.000000140. The summed E-state index contributed by atoms with van der Waals surface area (Å²) >= 11 is 0. The Bertz CT molecular complexity index is 3540. The number of aliphatic hydroxyl groups is 3. The average Bonchev–Trinajstić information content (AvgIpc) is 4.24. The van der Waals surface area contributed by atoms with E-state index in [4.69, 9.17) is 9.84 Å². The highest BCUT2D eigenvalue weighted by atomic mass is 19.4. The van der Waals surface area contributed by atoms with Crippen molar-refractivity contribution in [1.29, 1.82) is 0 Å². The zero-order chi connectivity index (χ0) is 52.6. The number of alkyl halides is 6. The average molecular weight is 1020 g/mol. The number of benzene rings is 4. The molecule has 0 radical (unpaired) electrons. The van der Waals surface area contributed by atoms with Gasteiger partial charge in [-0.2, -0.15) is 41.2 Å². The Labute approximate surface area is 416 Å². The van der Waals surface area contributed by atoms with Crippen LogP contribution in [-0.2, 0) is 30.0 Å². The van der Waals surface area contributed by atoms with Crippen molar-refractivity contribution in [2.75, 3.05) is 0 Å². The van der Waals surface area contributed by atoms with Crippen molar-refractivity contribution in [3.8, 4) is 0 Å². The number of nitrogens with one attached hydrogen (secondary N) is 1. The van der Waals surface area contributed by atoms with E-state index in [9.17, 15) is 46.1 Å². The lowest BCUT2D eigenvalue weighted by Crippen LogP contribution is -2.43. The van der Waals surface area contributed by atoms with Crippen LogP contribution < -0.4 is 0 Å². The van der Waals surface area contributed by atoms with Gasteiger partial charge in [0.25, 0.3) is 0 Å². The molecule has 16 nitrogen and oxygen atoms in total. The third-order valence-corrected chi connectivity index (χ3v) is 13.3. The fourth-order valence-electron chi connectivity index (χ4n) is 8.72. The maximum absolute atomic E-state index is 14.4. The molecule has 0 saturated heterocycles. The quantitative estimate of drug-likeness (QED) is 0.121. The number of aryl methyl sites for hydroxylation is 2. The summed E-state index contributed by atoms with van der Waals surface area (Å²) in [4.78, 5) is 31.3. The van der Waals surface area contributed by atoms with E-state index in [1.165, 1.54) is 89.4 Å². The SMILES string of the molecule is Cn1cc(C(O)(c2ccc3[nH]ncc3c2)C(F)(F)F)c2ccccc21.Cn1cc(C(O)(c2ccc3c(cnn3C(=O)OC3CCC3)c2)C(F)(F)F)c2ccccc21.O=C(n1ccnc1)n1ccnc1.OC1CCC1.